The lowest BCUT2D eigenvalue weighted by molar-refractivity contribution is 1.05. The van der Waals surface area contributed by atoms with E-state index in [0.29, 0.717) is 11.8 Å². The van der Waals surface area contributed by atoms with E-state index in [4.69, 9.17) is 16.9 Å². The molecule has 1 fully saturated rings. The Morgan fingerprint density at radius 2 is 2.38 bits per heavy atom. The highest BCUT2D eigenvalue weighted by Gasteiger charge is 2.26. The van der Waals surface area contributed by atoms with Crippen LogP contribution in [0.4, 0.5) is 0 Å². The van der Waals surface area contributed by atoms with Gasteiger partial charge in [0.25, 0.3) is 0 Å². The smallest absolute Gasteiger partial charge is 0.0995 e. The second-order valence-electron chi connectivity index (χ2n) is 3.28. The molecule has 1 aliphatic carbocycles. The average Bonchev–Trinajstić information content (AvgIpc) is 3.00. The van der Waals surface area contributed by atoms with Gasteiger partial charge in [0.15, 0.2) is 0 Å². The van der Waals surface area contributed by atoms with Crippen molar-refractivity contribution in [2.75, 3.05) is 0 Å². The number of alkyl halides is 1. The van der Waals surface area contributed by atoms with Crippen LogP contribution in [-0.2, 0) is 5.88 Å². The Morgan fingerprint density at radius 3 is 2.92 bits per heavy atom. The zero-order valence-electron chi connectivity index (χ0n) is 7.13. The van der Waals surface area contributed by atoms with Gasteiger partial charge in [0.1, 0.15) is 0 Å². The molecule has 0 saturated heterocycles. The van der Waals surface area contributed by atoms with Crippen molar-refractivity contribution in [1.29, 1.82) is 5.26 Å². The summed E-state index contributed by atoms with van der Waals surface area (Å²) < 4.78 is 0. The Labute approximate surface area is 82.2 Å². The maximum absolute atomic E-state index is 8.89. The van der Waals surface area contributed by atoms with Crippen molar-refractivity contribution in [1.82, 2.24) is 4.98 Å². The molecular formula is C10H9ClN2. The number of halogens is 1. The molecule has 2 nitrogen and oxygen atoms in total. The number of hydrogen-bond donors (Lipinski definition) is 0. The van der Waals surface area contributed by atoms with Crippen LogP contribution in [0.15, 0.2) is 12.3 Å². The Morgan fingerprint density at radius 1 is 1.62 bits per heavy atom. The van der Waals surface area contributed by atoms with E-state index in [1.54, 1.807) is 12.3 Å². The van der Waals surface area contributed by atoms with Crippen molar-refractivity contribution in [3.8, 4) is 6.07 Å². The van der Waals surface area contributed by atoms with Gasteiger partial charge in [-0.15, -0.1) is 11.6 Å². The van der Waals surface area contributed by atoms with E-state index in [9.17, 15) is 0 Å². The summed E-state index contributed by atoms with van der Waals surface area (Å²) >= 11 is 5.63. The zero-order chi connectivity index (χ0) is 9.26. The molecule has 0 bridgehead atoms. The number of pyridine rings is 1. The van der Waals surface area contributed by atoms with Crippen molar-refractivity contribution in [2.24, 2.45) is 0 Å². The molecule has 0 aliphatic heterocycles. The normalized spacial score (nSPS) is 15.4. The molecule has 0 aromatic carbocycles. The van der Waals surface area contributed by atoms with Crippen molar-refractivity contribution >= 4 is 11.6 Å². The first-order valence-corrected chi connectivity index (χ1v) is 4.83. The zero-order valence-corrected chi connectivity index (χ0v) is 7.88. The Balaban J connectivity index is 2.41. The first-order chi connectivity index (χ1) is 6.35. The van der Waals surface area contributed by atoms with Crippen molar-refractivity contribution in [2.45, 2.75) is 24.6 Å². The van der Waals surface area contributed by atoms with Gasteiger partial charge in [0.2, 0.25) is 0 Å². The van der Waals surface area contributed by atoms with E-state index in [1.165, 1.54) is 12.8 Å². The molecule has 0 spiro atoms. The van der Waals surface area contributed by atoms with Crippen LogP contribution in [0.5, 0.6) is 0 Å². The minimum absolute atomic E-state index is 0.375. The summed E-state index contributed by atoms with van der Waals surface area (Å²) in [5.41, 5.74) is 2.62. The minimum atomic E-state index is 0.375. The monoisotopic (exact) mass is 192 g/mol. The Hall–Kier alpha value is -1.07. The summed E-state index contributed by atoms with van der Waals surface area (Å²) in [6.45, 7) is 0. The summed E-state index contributed by atoms with van der Waals surface area (Å²) in [5.74, 6) is 0.950. The SMILES string of the molecule is N#Cc1cc(CCl)ncc1C1CC1. The van der Waals surface area contributed by atoms with Gasteiger partial charge in [-0.25, -0.2) is 0 Å². The van der Waals surface area contributed by atoms with Gasteiger partial charge in [-0.05, 0) is 30.4 Å². The van der Waals surface area contributed by atoms with Crippen LogP contribution in [-0.4, -0.2) is 4.98 Å². The first kappa shape index (κ1) is 8.52. The molecule has 2 rings (SSSR count). The highest BCUT2D eigenvalue weighted by Crippen LogP contribution is 2.41. The van der Waals surface area contributed by atoms with Gasteiger partial charge >= 0.3 is 0 Å². The number of nitriles is 1. The number of aromatic nitrogens is 1. The second kappa shape index (κ2) is 3.35. The Bertz CT molecular complexity index is 364. The summed E-state index contributed by atoms with van der Waals surface area (Å²) in [4.78, 5) is 4.18. The molecule has 1 aliphatic rings. The van der Waals surface area contributed by atoms with Crippen LogP contribution < -0.4 is 0 Å². The fourth-order valence-electron chi connectivity index (χ4n) is 1.40. The van der Waals surface area contributed by atoms with Gasteiger partial charge in [-0.3, -0.25) is 4.98 Å². The summed E-state index contributed by atoms with van der Waals surface area (Å²) in [6, 6.07) is 3.99. The van der Waals surface area contributed by atoms with Crippen LogP contribution in [0.3, 0.4) is 0 Å². The highest BCUT2D eigenvalue weighted by molar-refractivity contribution is 6.16. The van der Waals surface area contributed by atoms with E-state index in [1.807, 2.05) is 0 Å². The molecule has 1 saturated carbocycles. The van der Waals surface area contributed by atoms with Gasteiger partial charge in [0, 0.05) is 6.20 Å². The highest BCUT2D eigenvalue weighted by atomic mass is 35.5. The Kier molecular flexibility index (Phi) is 2.20. The van der Waals surface area contributed by atoms with Gasteiger partial charge < -0.3 is 0 Å². The lowest BCUT2D eigenvalue weighted by Crippen LogP contribution is -1.93. The molecule has 0 amide bonds. The molecular weight excluding hydrogens is 184 g/mol. The molecule has 3 heteroatoms. The van der Waals surface area contributed by atoms with E-state index < -0.39 is 0 Å². The third-order valence-corrected chi connectivity index (χ3v) is 2.54. The lowest BCUT2D eigenvalue weighted by atomic mass is 10.1. The third kappa shape index (κ3) is 1.66. The third-order valence-electron chi connectivity index (χ3n) is 2.27. The maximum Gasteiger partial charge on any atom is 0.0995 e. The standard InChI is InChI=1S/C10H9ClN2/c11-4-9-3-8(5-12)10(6-13-9)7-1-2-7/h3,6-7H,1-2,4H2. The van der Waals surface area contributed by atoms with Crippen molar-refractivity contribution in [3.63, 3.8) is 0 Å². The summed E-state index contributed by atoms with van der Waals surface area (Å²) in [7, 11) is 0. The second-order valence-corrected chi connectivity index (χ2v) is 3.55. The molecule has 1 aromatic rings. The number of nitrogens with zero attached hydrogens (tertiary/aromatic N) is 2. The molecule has 1 aromatic heterocycles. The molecule has 1 heterocycles. The predicted octanol–water partition coefficient (Wildman–Crippen LogP) is 2.57. The largest absolute Gasteiger partial charge is 0.260 e. The van der Waals surface area contributed by atoms with Crippen LogP contribution in [0.25, 0.3) is 0 Å². The average molecular weight is 193 g/mol. The van der Waals surface area contributed by atoms with Crippen LogP contribution in [0.2, 0.25) is 0 Å². The quantitative estimate of drug-likeness (QED) is 0.676. The molecule has 0 N–H and O–H groups in total. The number of hydrogen-bond acceptors (Lipinski definition) is 2. The van der Waals surface area contributed by atoms with Crippen LogP contribution in [0.1, 0.15) is 35.6 Å². The van der Waals surface area contributed by atoms with E-state index in [2.05, 4.69) is 11.1 Å². The topological polar surface area (TPSA) is 36.7 Å². The maximum atomic E-state index is 8.89. The van der Waals surface area contributed by atoms with Gasteiger partial charge in [0.05, 0.1) is 23.2 Å². The molecule has 66 valence electrons. The van der Waals surface area contributed by atoms with E-state index >= 15 is 0 Å². The predicted molar refractivity (Wildman–Crippen MR) is 50.5 cm³/mol. The summed E-state index contributed by atoms with van der Waals surface area (Å²) in [5, 5.41) is 8.89. The molecule has 0 radical (unpaired) electrons. The van der Waals surface area contributed by atoms with Gasteiger partial charge in [-0.1, -0.05) is 0 Å². The molecule has 0 atom stereocenters. The fraction of sp³-hybridized carbons (Fsp3) is 0.400. The minimum Gasteiger partial charge on any atom is -0.260 e. The summed E-state index contributed by atoms with van der Waals surface area (Å²) in [6.07, 6.45) is 4.18. The number of rotatable bonds is 2. The van der Waals surface area contributed by atoms with E-state index in [-0.39, 0.29) is 0 Å². The molecule has 13 heavy (non-hydrogen) atoms. The fourth-order valence-corrected chi connectivity index (χ4v) is 1.54. The van der Waals surface area contributed by atoms with Crippen LogP contribution >= 0.6 is 11.6 Å². The van der Waals surface area contributed by atoms with Gasteiger partial charge in [-0.2, -0.15) is 5.26 Å². The first-order valence-electron chi connectivity index (χ1n) is 4.30. The van der Waals surface area contributed by atoms with E-state index in [0.717, 1.165) is 16.8 Å². The molecule has 0 unspecified atom stereocenters. The lowest BCUT2D eigenvalue weighted by Gasteiger charge is -2.01. The van der Waals surface area contributed by atoms with Crippen molar-refractivity contribution in [3.05, 3.63) is 29.1 Å². The van der Waals surface area contributed by atoms with Crippen molar-refractivity contribution < 1.29 is 0 Å². The van der Waals surface area contributed by atoms with Crippen LogP contribution in [0, 0.1) is 11.3 Å².